The first-order valence-electron chi connectivity index (χ1n) is 10.5. The van der Waals surface area contributed by atoms with Crippen LogP contribution in [0.1, 0.15) is 42.1 Å². The maximum atomic E-state index is 5.84. The van der Waals surface area contributed by atoms with E-state index in [4.69, 9.17) is 4.74 Å². The highest BCUT2D eigenvalue weighted by atomic mass is 127. The van der Waals surface area contributed by atoms with Crippen LogP contribution in [-0.4, -0.2) is 39.7 Å². The summed E-state index contributed by atoms with van der Waals surface area (Å²) >= 11 is 0. The van der Waals surface area contributed by atoms with E-state index in [1.807, 2.05) is 61.2 Å². The molecular formula is C24H33IN6O. The van der Waals surface area contributed by atoms with Crippen LogP contribution < -0.4 is 10.1 Å². The van der Waals surface area contributed by atoms with Crippen molar-refractivity contribution < 1.29 is 4.74 Å². The lowest BCUT2D eigenvalue weighted by Crippen LogP contribution is -2.38. The Morgan fingerprint density at radius 2 is 1.94 bits per heavy atom. The first kappa shape index (κ1) is 25.6. The van der Waals surface area contributed by atoms with Gasteiger partial charge in [-0.1, -0.05) is 44.2 Å². The first-order valence-corrected chi connectivity index (χ1v) is 10.5. The Balaban J connectivity index is 0.00000363. The van der Waals surface area contributed by atoms with Crippen LogP contribution in [0.5, 0.6) is 5.88 Å². The second-order valence-corrected chi connectivity index (χ2v) is 7.90. The van der Waals surface area contributed by atoms with Crippen LogP contribution in [0.4, 0.5) is 0 Å². The Labute approximate surface area is 207 Å². The van der Waals surface area contributed by atoms with E-state index in [2.05, 4.69) is 45.3 Å². The summed E-state index contributed by atoms with van der Waals surface area (Å²) in [6.45, 7) is 6.20. The number of rotatable bonds is 8. The monoisotopic (exact) mass is 548 g/mol. The van der Waals surface area contributed by atoms with E-state index in [-0.39, 0.29) is 24.0 Å². The molecule has 0 fully saturated rings. The largest absolute Gasteiger partial charge is 0.473 e. The number of halogens is 1. The number of nitrogens with zero attached hydrogens (tertiary/aromatic N) is 5. The average molecular weight is 548 g/mol. The summed E-state index contributed by atoms with van der Waals surface area (Å²) in [5, 5.41) is 8.03. The third-order valence-corrected chi connectivity index (χ3v) is 4.94. The number of ether oxygens (including phenoxy) is 1. The molecule has 0 aliphatic carbocycles. The fourth-order valence-electron chi connectivity index (χ4n) is 3.43. The summed E-state index contributed by atoms with van der Waals surface area (Å²) in [4.78, 5) is 10.9. The number of nitrogens with one attached hydrogen (secondary N) is 1. The van der Waals surface area contributed by atoms with Crippen LogP contribution in [0.15, 0.2) is 59.9 Å². The van der Waals surface area contributed by atoms with Gasteiger partial charge in [0.15, 0.2) is 5.96 Å². The number of aryl methyl sites for hydroxylation is 1. The smallest absolute Gasteiger partial charge is 0.213 e. The summed E-state index contributed by atoms with van der Waals surface area (Å²) in [6, 6.07) is 14.0. The summed E-state index contributed by atoms with van der Waals surface area (Å²) < 4.78 is 7.72. The van der Waals surface area contributed by atoms with E-state index in [0.29, 0.717) is 24.9 Å². The Morgan fingerprint density at radius 1 is 1.19 bits per heavy atom. The zero-order valence-electron chi connectivity index (χ0n) is 19.4. The Bertz CT molecular complexity index is 1000. The third-order valence-electron chi connectivity index (χ3n) is 4.94. The molecule has 0 amide bonds. The number of aromatic nitrogens is 3. The van der Waals surface area contributed by atoms with Gasteiger partial charge in [-0.05, 0) is 23.1 Å². The lowest BCUT2D eigenvalue weighted by atomic mass is 10.1. The number of hydrogen-bond donors (Lipinski definition) is 1. The summed E-state index contributed by atoms with van der Waals surface area (Å²) in [6.07, 6.45) is 3.85. The predicted octanol–water partition coefficient (Wildman–Crippen LogP) is 4.34. The van der Waals surface area contributed by atoms with Crippen molar-refractivity contribution in [2.45, 2.75) is 39.5 Å². The van der Waals surface area contributed by atoms with E-state index in [9.17, 15) is 0 Å². The summed E-state index contributed by atoms with van der Waals surface area (Å²) in [7, 11) is 5.79. The number of benzene rings is 1. The fourth-order valence-corrected chi connectivity index (χ4v) is 3.43. The molecule has 7 nitrogen and oxygen atoms in total. The highest BCUT2D eigenvalue weighted by Crippen LogP contribution is 2.18. The molecule has 0 bridgehead atoms. The van der Waals surface area contributed by atoms with E-state index in [1.54, 1.807) is 13.2 Å². The molecule has 0 radical (unpaired) electrons. The van der Waals surface area contributed by atoms with Gasteiger partial charge in [0.25, 0.3) is 0 Å². The summed E-state index contributed by atoms with van der Waals surface area (Å²) in [5.74, 6) is 1.82. The first-order chi connectivity index (χ1) is 15.0. The second kappa shape index (κ2) is 12.4. The minimum Gasteiger partial charge on any atom is -0.473 e. The lowest BCUT2D eigenvalue weighted by Gasteiger charge is -2.22. The molecule has 3 rings (SSSR count). The molecule has 2 heterocycles. The van der Waals surface area contributed by atoms with Crippen molar-refractivity contribution >= 4 is 29.9 Å². The van der Waals surface area contributed by atoms with Crippen LogP contribution in [0.25, 0.3) is 0 Å². The minimum atomic E-state index is 0. The van der Waals surface area contributed by atoms with E-state index in [0.717, 1.165) is 29.3 Å². The van der Waals surface area contributed by atoms with Crippen molar-refractivity contribution in [1.82, 2.24) is 25.0 Å². The van der Waals surface area contributed by atoms with Crippen molar-refractivity contribution in [2.24, 2.45) is 12.0 Å². The molecule has 3 aromatic rings. The van der Waals surface area contributed by atoms with Crippen LogP contribution in [0.2, 0.25) is 0 Å². The SMILES string of the molecule is CN=C(NCc1ccnc(OCc2ccccc2)c1)N(C)Cc1cn(C)nc1C(C)C.I. The lowest BCUT2D eigenvalue weighted by molar-refractivity contribution is 0.293. The molecule has 0 atom stereocenters. The van der Waals surface area contributed by atoms with Gasteiger partial charge in [0.05, 0.1) is 5.69 Å². The van der Waals surface area contributed by atoms with Crippen molar-refractivity contribution in [1.29, 1.82) is 0 Å². The van der Waals surface area contributed by atoms with Gasteiger partial charge in [-0.25, -0.2) is 4.98 Å². The maximum Gasteiger partial charge on any atom is 0.213 e. The minimum absolute atomic E-state index is 0. The van der Waals surface area contributed by atoms with Gasteiger partial charge in [-0.3, -0.25) is 9.67 Å². The van der Waals surface area contributed by atoms with Gasteiger partial charge in [0, 0.05) is 58.3 Å². The van der Waals surface area contributed by atoms with Gasteiger partial charge < -0.3 is 15.0 Å². The standard InChI is InChI=1S/C24H32N6O.HI/c1-18(2)23-21(16-30(5)28-23)15-29(4)24(25-3)27-14-20-11-12-26-22(13-20)31-17-19-9-7-6-8-10-19;/h6-13,16,18H,14-15,17H2,1-5H3,(H,25,27);1H. The number of hydrogen-bond acceptors (Lipinski definition) is 4. The van der Waals surface area contributed by atoms with Crippen molar-refractivity contribution in [3.63, 3.8) is 0 Å². The van der Waals surface area contributed by atoms with Crippen molar-refractivity contribution in [2.75, 3.05) is 14.1 Å². The van der Waals surface area contributed by atoms with E-state index in [1.165, 1.54) is 5.56 Å². The van der Waals surface area contributed by atoms with Crippen LogP contribution >= 0.6 is 24.0 Å². The molecule has 0 aliphatic heterocycles. The Kier molecular flexibility index (Phi) is 9.96. The number of pyridine rings is 1. The molecule has 1 aromatic carbocycles. The van der Waals surface area contributed by atoms with Crippen LogP contribution in [0.3, 0.4) is 0 Å². The molecule has 0 saturated carbocycles. The molecule has 0 aliphatic rings. The fraction of sp³-hybridized carbons (Fsp3) is 0.375. The average Bonchev–Trinajstić information content (AvgIpc) is 3.14. The van der Waals surface area contributed by atoms with E-state index < -0.39 is 0 Å². The highest BCUT2D eigenvalue weighted by Gasteiger charge is 2.15. The van der Waals surface area contributed by atoms with Gasteiger partial charge in [0.1, 0.15) is 6.61 Å². The second-order valence-electron chi connectivity index (χ2n) is 7.90. The third kappa shape index (κ3) is 7.22. The van der Waals surface area contributed by atoms with E-state index >= 15 is 0 Å². The molecule has 2 aromatic heterocycles. The van der Waals surface area contributed by atoms with Gasteiger partial charge >= 0.3 is 0 Å². The topological polar surface area (TPSA) is 67.6 Å². The Morgan fingerprint density at radius 3 is 2.62 bits per heavy atom. The molecule has 8 heteroatoms. The number of aliphatic imine (C=N–C) groups is 1. The van der Waals surface area contributed by atoms with Crippen molar-refractivity contribution in [3.8, 4) is 5.88 Å². The molecule has 172 valence electrons. The van der Waals surface area contributed by atoms with Crippen LogP contribution in [0, 0.1) is 0 Å². The molecule has 0 spiro atoms. The molecule has 32 heavy (non-hydrogen) atoms. The van der Waals surface area contributed by atoms with Crippen LogP contribution in [-0.2, 0) is 26.7 Å². The van der Waals surface area contributed by atoms with Crippen molar-refractivity contribution in [3.05, 3.63) is 77.2 Å². The highest BCUT2D eigenvalue weighted by molar-refractivity contribution is 14.0. The quantitative estimate of drug-likeness (QED) is 0.258. The molecule has 0 unspecified atom stereocenters. The Hall–Kier alpha value is -2.62. The zero-order valence-corrected chi connectivity index (χ0v) is 21.8. The maximum absolute atomic E-state index is 5.84. The van der Waals surface area contributed by atoms with Gasteiger partial charge in [-0.15, -0.1) is 24.0 Å². The zero-order chi connectivity index (χ0) is 22.2. The summed E-state index contributed by atoms with van der Waals surface area (Å²) in [5.41, 5.74) is 4.53. The molecule has 0 saturated heterocycles. The normalized spacial score (nSPS) is 11.2. The predicted molar refractivity (Wildman–Crippen MR) is 139 cm³/mol. The van der Waals surface area contributed by atoms with Gasteiger partial charge in [-0.2, -0.15) is 5.10 Å². The van der Waals surface area contributed by atoms with Gasteiger partial charge in [0.2, 0.25) is 5.88 Å². The molecular weight excluding hydrogens is 515 g/mol. The number of guanidine groups is 1. The molecule has 1 N–H and O–H groups in total.